The van der Waals surface area contributed by atoms with Crippen LogP contribution in [0.3, 0.4) is 0 Å². The van der Waals surface area contributed by atoms with Crippen LogP contribution in [-0.4, -0.2) is 31.8 Å². The zero-order valence-corrected chi connectivity index (χ0v) is 22.3. The first-order chi connectivity index (χ1) is 15.0. The van der Waals surface area contributed by atoms with E-state index in [0.717, 1.165) is 32.0 Å². The van der Waals surface area contributed by atoms with Crippen LogP contribution < -0.4 is 0 Å². The zero-order chi connectivity index (χ0) is 24.2. The highest BCUT2D eigenvalue weighted by Gasteiger charge is 2.40. The molecular weight excluding hydrogens is 416 g/mol. The third kappa shape index (κ3) is 9.60. The molecule has 1 rings (SSSR count). The largest absolute Gasteiger partial charge is 0.479 e. The van der Waals surface area contributed by atoms with E-state index in [1.165, 1.54) is 50.2 Å². The molecule has 3 atom stereocenters. The van der Waals surface area contributed by atoms with Gasteiger partial charge in [-0.1, -0.05) is 71.4 Å². The van der Waals surface area contributed by atoms with Crippen molar-refractivity contribution in [2.24, 2.45) is 11.8 Å². The standard InChI is InChI=1S/C27H46O4Si/c1-7-8-9-10-11-13-16-22-19-20-23(21-28)24(22)17-14-12-15-18-25(26(29)30)31-32(5,6)27(2,3)4/h12,18-19,21,23-25H,7-11,13-14,16-17,20H2,1-6H3,(H,29,30)/t15?,23-,24+,25?/m1/s1. The molecule has 1 aliphatic rings. The number of aldehydes is 1. The Morgan fingerprint density at radius 3 is 2.50 bits per heavy atom. The van der Waals surface area contributed by atoms with Crippen molar-refractivity contribution in [3.63, 3.8) is 0 Å². The molecule has 1 aliphatic carbocycles. The molecular formula is C27H46O4Si. The highest BCUT2D eigenvalue weighted by atomic mass is 28.4. The van der Waals surface area contributed by atoms with Crippen LogP contribution in [0.4, 0.5) is 0 Å². The molecule has 0 radical (unpaired) electrons. The van der Waals surface area contributed by atoms with Gasteiger partial charge in [0.15, 0.2) is 14.4 Å². The molecule has 0 saturated carbocycles. The van der Waals surface area contributed by atoms with E-state index in [1.54, 1.807) is 0 Å². The number of hydrogen-bond donors (Lipinski definition) is 1. The molecule has 0 fully saturated rings. The summed E-state index contributed by atoms with van der Waals surface area (Å²) in [5, 5.41) is 9.50. The molecule has 0 saturated heterocycles. The molecule has 4 nitrogen and oxygen atoms in total. The van der Waals surface area contributed by atoms with E-state index in [2.05, 4.69) is 52.6 Å². The maximum Gasteiger partial charge on any atom is 0.336 e. The Kier molecular flexibility index (Phi) is 12.5. The summed E-state index contributed by atoms with van der Waals surface area (Å²) in [5.74, 6) is -0.562. The molecule has 0 amide bonds. The van der Waals surface area contributed by atoms with Gasteiger partial charge in [-0.2, -0.15) is 0 Å². The smallest absolute Gasteiger partial charge is 0.336 e. The second kappa shape index (κ2) is 14.0. The number of rotatable bonds is 15. The topological polar surface area (TPSA) is 63.6 Å². The minimum atomic E-state index is -2.18. The van der Waals surface area contributed by atoms with Crippen LogP contribution >= 0.6 is 0 Å². The number of carboxylic acids is 1. The second-order valence-electron chi connectivity index (χ2n) is 10.7. The summed E-state index contributed by atoms with van der Waals surface area (Å²) in [6, 6.07) is 0. The lowest BCUT2D eigenvalue weighted by Crippen LogP contribution is -2.45. The van der Waals surface area contributed by atoms with Crippen molar-refractivity contribution < 1.29 is 19.1 Å². The number of carbonyl (C=O) groups excluding carboxylic acids is 1. The normalized spacial score (nSPS) is 19.8. The Bertz CT molecular complexity index is 680. The number of aliphatic carboxylic acids is 1. The molecule has 0 spiro atoms. The van der Waals surface area contributed by atoms with Gasteiger partial charge in [0.05, 0.1) is 0 Å². The fourth-order valence-electron chi connectivity index (χ4n) is 3.98. The van der Waals surface area contributed by atoms with Crippen molar-refractivity contribution in [1.82, 2.24) is 0 Å². The Hall–Kier alpha value is -1.42. The number of allylic oxidation sites excluding steroid dienone is 2. The molecule has 0 aromatic carbocycles. The van der Waals surface area contributed by atoms with Crippen molar-refractivity contribution in [3.8, 4) is 0 Å². The lowest BCUT2D eigenvalue weighted by atomic mass is 9.86. The highest BCUT2D eigenvalue weighted by Crippen LogP contribution is 2.38. The minimum Gasteiger partial charge on any atom is -0.479 e. The SMILES string of the molecule is CCCCCCCCC1=CC[C@H](C=O)[C@H]1CCC=C=CC(O[Si](C)(C)C(C)(C)C)C(=O)O. The van der Waals surface area contributed by atoms with Gasteiger partial charge in [0.2, 0.25) is 0 Å². The van der Waals surface area contributed by atoms with Gasteiger partial charge in [0, 0.05) is 5.92 Å². The second-order valence-corrected chi connectivity index (χ2v) is 15.4. The van der Waals surface area contributed by atoms with Crippen molar-refractivity contribution >= 4 is 20.6 Å². The Labute approximate surface area is 197 Å². The van der Waals surface area contributed by atoms with Gasteiger partial charge in [-0.25, -0.2) is 4.79 Å². The van der Waals surface area contributed by atoms with Crippen molar-refractivity contribution in [2.45, 2.75) is 116 Å². The fourth-order valence-corrected chi connectivity index (χ4v) is 5.13. The predicted octanol–water partition coefficient (Wildman–Crippen LogP) is 7.46. The summed E-state index contributed by atoms with van der Waals surface area (Å²) < 4.78 is 6.02. The van der Waals surface area contributed by atoms with Gasteiger partial charge < -0.3 is 14.3 Å². The summed E-state index contributed by atoms with van der Waals surface area (Å²) in [4.78, 5) is 23.2. The quantitative estimate of drug-likeness (QED) is 0.0901. The average Bonchev–Trinajstić information content (AvgIpc) is 3.10. The van der Waals surface area contributed by atoms with Crippen LogP contribution in [0, 0.1) is 11.8 Å². The molecule has 1 N–H and O–H groups in total. The van der Waals surface area contributed by atoms with E-state index in [1.807, 2.05) is 6.08 Å². The monoisotopic (exact) mass is 462 g/mol. The van der Waals surface area contributed by atoms with Gasteiger partial charge in [-0.15, -0.1) is 5.73 Å². The molecule has 0 aliphatic heterocycles. The van der Waals surface area contributed by atoms with Gasteiger partial charge in [-0.3, -0.25) is 0 Å². The van der Waals surface area contributed by atoms with E-state index in [0.29, 0.717) is 5.92 Å². The molecule has 0 heterocycles. The van der Waals surface area contributed by atoms with Crippen LogP contribution in [0.25, 0.3) is 0 Å². The van der Waals surface area contributed by atoms with E-state index in [4.69, 9.17) is 4.43 Å². The van der Waals surface area contributed by atoms with Crippen LogP contribution in [0.15, 0.2) is 29.5 Å². The third-order valence-corrected chi connectivity index (χ3v) is 11.6. The summed E-state index contributed by atoms with van der Waals surface area (Å²) in [6.45, 7) is 12.6. The van der Waals surface area contributed by atoms with E-state index < -0.39 is 20.4 Å². The number of unbranched alkanes of at least 4 members (excludes halogenated alkanes) is 5. The number of carbonyl (C=O) groups is 2. The van der Waals surface area contributed by atoms with Gasteiger partial charge in [0.25, 0.3) is 0 Å². The molecule has 32 heavy (non-hydrogen) atoms. The molecule has 1 unspecified atom stereocenters. The van der Waals surface area contributed by atoms with Gasteiger partial charge in [0.1, 0.15) is 6.29 Å². The van der Waals surface area contributed by atoms with Crippen LogP contribution in [-0.2, 0) is 14.0 Å². The van der Waals surface area contributed by atoms with Crippen LogP contribution in [0.5, 0.6) is 0 Å². The first kappa shape index (κ1) is 28.6. The van der Waals surface area contributed by atoms with E-state index in [-0.39, 0.29) is 11.0 Å². The highest BCUT2D eigenvalue weighted by molar-refractivity contribution is 6.74. The summed E-state index contributed by atoms with van der Waals surface area (Å²) in [6.07, 6.45) is 17.2. The number of hydrogen-bond acceptors (Lipinski definition) is 3. The Morgan fingerprint density at radius 2 is 1.91 bits per heavy atom. The molecule has 0 aromatic heterocycles. The fraction of sp³-hybridized carbons (Fsp3) is 0.741. The number of carboxylic acid groups (broad SMARTS) is 1. The molecule has 5 heteroatoms. The maximum atomic E-state index is 11.7. The molecule has 0 aromatic rings. The lowest BCUT2D eigenvalue weighted by Gasteiger charge is -2.37. The van der Waals surface area contributed by atoms with Crippen LogP contribution in [0.1, 0.15) is 91.9 Å². The van der Waals surface area contributed by atoms with Crippen molar-refractivity contribution in [1.29, 1.82) is 0 Å². The van der Waals surface area contributed by atoms with E-state index >= 15 is 0 Å². The molecule has 182 valence electrons. The molecule has 0 bridgehead atoms. The zero-order valence-electron chi connectivity index (χ0n) is 21.3. The maximum absolute atomic E-state index is 11.7. The third-order valence-electron chi connectivity index (χ3n) is 7.10. The summed E-state index contributed by atoms with van der Waals surface area (Å²) in [5.41, 5.74) is 4.49. The van der Waals surface area contributed by atoms with Crippen molar-refractivity contribution in [3.05, 3.63) is 29.5 Å². The van der Waals surface area contributed by atoms with Crippen molar-refractivity contribution in [2.75, 3.05) is 0 Å². The van der Waals surface area contributed by atoms with Crippen LogP contribution in [0.2, 0.25) is 18.1 Å². The van der Waals surface area contributed by atoms with E-state index in [9.17, 15) is 14.7 Å². The first-order valence-corrected chi connectivity index (χ1v) is 15.4. The lowest BCUT2D eigenvalue weighted by molar-refractivity contribution is -0.143. The Morgan fingerprint density at radius 1 is 1.25 bits per heavy atom. The Balaban J connectivity index is 2.60. The minimum absolute atomic E-state index is 0.0523. The summed E-state index contributed by atoms with van der Waals surface area (Å²) >= 11 is 0. The van der Waals surface area contributed by atoms with Gasteiger partial charge >= 0.3 is 5.97 Å². The predicted molar refractivity (Wildman–Crippen MR) is 135 cm³/mol. The van der Waals surface area contributed by atoms with Gasteiger partial charge in [-0.05, 0) is 68.3 Å². The average molecular weight is 463 g/mol. The first-order valence-electron chi connectivity index (χ1n) is 12.5. The summed E-state index contributed by atoms with van der Waals surface area (Å²) in [7, 11) is -2.18.